The van der Waals surface area contributed by atoms with Gasteiger partial charge in [-0.05, 0) is 18.2 Å². The highest BCUT2D eigenvalue weighted by Gasteiger charge is 2.31. The minimum absolute atomic E-state index is 0.0292. The molecule has 0 atom stereocenters. The number of rotatable bonds is 2. The Balaban J connectivity index is 2.77. The fourth-order valence-corrected chi connectivity index (χ4v) is 1.75. The van der Waals surface area contributed by atoms with E-state index in [1.165, 1.54) is 13.0 Å². The van der Waals surface area contributed by atoms with Crippen LogP contribution < -0.4 is 0 Å². The van der Waals surface area contributed by atoms with E-state index in [9.17, 15) is 23.1 Å². The summed E-state index contributed by atoms with van der Waals surface area (Å²) in [6, 6.07) is 2.70. The molecular formula is C13H11F3O2S. The SMILES string of the molecule is CC(=O)SCCC#Cc1cc(O)cc(C(F)(F)F)c1. The van der Waals surface area contributed by atoms with E-state index >= 15 is 0 Å². The molecule has 1 N–H and O–H groups in total. The first-order valence-corrected chi connectivity index (χ1v) is 6.31. The molecule has 0 saturated heterocycles. The lowest BCUT2D eigenvalue weighted by atomic mass is 10.1. The average molecular weight is 288 g/mol. The Hall–Kier alpha value is -1.61. The highest BCUT2D eigenvalue weighted by Crippen LogP contribution is 2.32. The normalized spacial score (nSPS) is 10.7. The molecule has 0 aromatic heterocycles. The first-order valence-electron chi connectivity index (χ1n) is 5.32. The molecule has 0 spiro atoms. The van der Waals surface area contributed by atoms with Crippen molar-refractivity contribution in [3.8, 4) is 17.6 Å². The number of carbonyl (C=O) groups is 1. The van der Waals surface area contributed by atoms with E-state index in [0.29, 0.717) is 18.2 Å². The van der Waals surface area contributed by atoms with Gasteiger partial charge in [0.15, 0.2) is 5.12 Å². The molecule has 0 fully saturated rings. The van der Waals surface area contributed by atoms with Gasteiger partial charge in [-0.3, -0.25) is 4.79 Å². The van der Waals surface area contributed by atoms with Crippen LogP contribution in [0.5, 0.6) is 5.75 Å². The van der Waals surface area contributed by atoms with Crippen LogP contribution in [0.25, 0.3) is 0 Å². The third-order valence-electron chi connectivity index (χ3n) is 2.01. The van der Waals surface area contributed by atoms with Gasteiger partial charge in [-0.25, -0.2) is 0 Å². The van der Waals surface area contributed by atoms with E-state index in [0.717, 1.165) is 17.8 Å². The molecule has 102 valence electrons. The Bertz CT molecular complexity index is 527. The van der Waals surface area contributed by atoms with Crippen LogP contribution in [-0.4, -0.2) is 16.0 Å². The fraction of sp³-hybridized carbons (Fsp3) is 0.308. The Kier molecular flexibility index (Phi) is 5.31. The van der Waals surface area contributed by atoms with E-state index in [2.05, 4.69) is 11.8 Å². The van der Waals surface area contributed by atoms with Gasteiger partial charge in [-0.1, -0.05) is 23.6 Å². The van der Waals surface area contributed by atoms with Crippen molar-refractivity contribution in [2.45, 2.75) is 19.5 Å². The van der Waals surface area contributed by atoms with Gasteiger partial charge in [0.25, 0.3) is 0 Å². The summed E-state index contributed by atoms with van der Waals surface area (Å²) >= 11 is 1.11. The number of phenols is 1. The van der Waals surface area contributed by atoms with Crippen molar-refractivity contribution >= 4 is 16.9 Å². The third-order valence-corrected chi connectivity index (χ3v) is 2.82. The highest BCUT2D eigenvalue weighted by atomic mass is 32.2. The number of phenolic OH excluding ortho intramolecular Hbond substituents is 1. The molecule has 0 amide bonds. The number of alkyl halides is 3. The summed E-state index contributed by atoms with van der Waals surface area (Å²) in [5.74, 6) is 5.22. The van der Waals surface area contributed by atoms with E-state index in [-0.39, 0.29) is 10.7 Å². The summed E-state index contributed by atoms with van der Waals surface area (Å²) in [6.07, 6.45) is -4.12. The molecule has 1 aromatic rings. The molecule has 0 saturated carbocycles. The number of carbonyl (C=O) groups excluding carboxylic acids is 1. The Labute approximate surface area is 113 Å². The van der Waals surface area contributed by atoms with Crippen LogP contribution in [-0.2, 0) is 11.0 Å². The lowest BCUT2D eigenvalue weighted by Gasteiger charge is -2.07. The largest absolute Gasteiger partial charge is 0.508 e. The second-order valence-corrected chi connectivity index (χ2v) is 4.93. The van der Waals surface area contributed by atoms with Crippen LogP contribution in [0.1, 0.15) is 24.5 Å². The van der Waals surface area contributed by atoms with Crippen molar-refractivity contribution in [1.29, 1.82) is 0 Å². The van der Waals surface area contributed by atoms with Crippen LogP contribution >= 0.6 is 11.8 Å². The summed E-state index contributed by atoms with van der Waals surface area (Å²) in [6.45, 7) is 1.43. The predicted octanol–water partition coefficient (Wildman–Crippen LogP) is 3.43. The van der Waals surface area contributed by atoms with Gasteiger partial charge in [0.2, 0.25) is 0 Å². The second kappa shape index (κ2) is 6.53. The van der Waals surface area contributed by atoms with Gasteiger partial charge >= 0.3 is 6.18 Å². The molecule has 1 aromatic carbocycles. The van der Waals surface area contributed by atoms with Crippen LogP contribution in [0.3, 0.4) is 0 Å². The van der Waals surface area contributed by atoms with Gasteiger partial charge in [0.1, 0.15) is 5.75 Å². The first-order chi connectivity index (χ1) is 8.79. The quantitative estimate of drug-likeness (QED) is 0.669. The molecule has 2 nitrogen and oxygen atoms in total. The first kappa shape index (κ1) is 15.4. The van der Waals surface area contributed by atoms with Crippen molar-refractivity contribution in [3.63, 3.8) is 0 Å². The molecule has 0 aliphatic heterocycles. The van der Waals surface area contributed by atoms with Crippen molar-refractivity contribution in [2.75, 3.05) is 5.75 Å². The van der Waals surface area contributed by atoms with Crippen molar-refractivity contribution in [3.05, 3.63) is 29.3 Å². The molecule has 0 aliphatic rings. The standard InChI is InChI=1S/C13H11F3O2S/c1-9(17)19-5-3-2-4-10-6-11(13(14,15)16)8-12(18)7-10/h6-8,18H,3,5H2,1H3. The molecule has 0 aliphatic carbocycles. The lowest BCUT2D eigenvalue weighted by molar-refractivity contribution is -0.137. The molecule has 0 unspecified atom stereocenters. The van der Waals surface area contributed by atoms with Gasteiger partial charge < -0.3 is 5.11 Å². The monoisotopic (exact) mass is 288 g/mol. The summed E-state index contributed by atoms with van der Waals surface area (Å²) < 4.78 is 37.4. The summed E-state index contributed by atoms with van der Waals surface area (Å²) in [5.41, 5.74) is -0.838. The Morgan fingerprint density at radius 2 is 2.05 bits per heavy atom. The summed E-state index contributed by atoms with van der Waals surface area (Å²) in [5, 5.41) is 9.19. The molecule has 0 heterocycles. The maximum atomic E-state index is 12.5. The van der Waals surface area contributed by atoms with Crippen LogP contribution in [0.15, 0.2) is 18.2 Å². The van der Waals surface area contributed by atoms with E-state index in [1.807, 2.05) is 0 Å². The second-order valence-electron chi connectivity index (χ2n) is 3.66. The van der Waals surface area contributed by atoms with Crippen LogP contribution in [0, 0.1) is 11.8 Å². The average Bonchev–Trinajstić information content (AvgIpc) is 2.26. The number of halogens is 3. The number of hydrogen-bond acceptors (Lipinski definition) is 3. The van der Waals surface area contributed by atoms with Crippen molar-refractivity contribution < 1.29 is 23.1 Å². The third kappa shape index (κ3) is 5.71. The molecule has 6 heteroatoms. The summed E-state index contributed by atoms with van der Waals surface area (Å²) in [4.78, 5) is 10.6. The van der Waals surface area contributed by atoms with Crippen molar-refractivity contribution in [1.82, 2.24) is 0 Å². The zero-order chi connectivity index (χ0) is 14.5. The molecule has 0 bridgehead atoms. The van der Waals surface area contributed by atoms with Gasteiger partial charge in [-0.15, -0.1) is 0 Å². The number of thioether (sulfide) groups is 1. The van der Waals surface area contributed by atoms with Crippen LogP contribution in [0.2, 0.25) is 0 Å². The Morgan fingerprint density at radius 1 is 1.37 bits per heavy atom. The van der Waals surface area contributed by atoms with E-state index in [4.69, 9.17) is 0 Å². The predicted molar refractivity (Wildman–Crippen MR) is 67.7 cm³/mol. The maximum absolute atomic E-state index is 12.5. The van der Waals surface area contributed by atoms with E-state index < -0.39 is 17.5 Å². The maximum Gasteiger partial charge on any atom is 0.416 e. The zero-order valence-electron chi connectivity index (χ0n) is 10.0. The lowest BCUT2D eigenvalue weighted by Crippen LogP contribution is -2.04. The van der Waals surface area contributed by atoms with Gasteiger partial charge in [0.05, 0.1) is 5.56 Å². The van der Waals surface area contributed by atoms with Crippen LogP contribution in [0.4, 0.5) is 13.2 Å². The summed E-state index contributed by atoms with van der Waals surface area (Å²) in [7, 11) is 0. The van der Waals surface area contributed by atoms with E-state index in [1.54, 1.807) is 0 Å². The zero-order valence-corrected chi connectivity index (χ0v) is 10.9. The smallest absolute Gasteiger partial charge is 0.416 e. The number of aromatic hydroxyl groups is 1. The molecule has 19 heavy (non-hydrogen) atoms. The molecule has 0 radical (unpaired) electrons. The molecule has 1 rings (SSSR count). The Morgan fingerprint density at radius 3 is 2.63 bits per heavy atom. The van der Waals surface area contributed by atoms with Gasteiger partial charge in [-0.2, -0.15) is 13.2 Å². The molecular weight excluding hydrogens is 277 g/mol. The fourth-order valence-electron chi connectivity index (χ4n) is 1.26. The highest BCUT2D eigenvalue weighted by molar-refractivity contribution is 8.13. The van der Waals surface area contributed by atoms with Gasteiger partial charge in [0, 0.05) is 24.7 Å². The van der Waals surface area contributed by atoms with Crippen molar-refractivity contribution in [2.24, 2.45) is 0 Å². The topological polar surface area (TPSA) is 37.3 Å². The minimum Gasteiger partial charge on any atom is -0.508 e. The minimum atomic E-state index is -4.51. The number of benzene rings is 1. The number of hydrogen-bond donors (Lipinski definition) is 1.